The number of benzene rings is 2. The van der Waals surface area contributed by atoms with Crippen LogP contribution in [0.1, 0.15) is 33.5 Å². The van der Waals surface area contributed by atoms with Crippen molar-refractivity contribution in [2.24, 2.45) is 0 Å². The summed E-state index contributed by atoms with van der Waals surface area (Å²) in [6.07, 6.45) is 0.434. The molecule has 28 heavy (non-hydrogen) atoms. The lowest BCUT2D eigenvalue weighted by Crippen LogP contribution is -2.34. The Kier molecular flexibility index (Phi) is 6.17. The number of H-pyrrole nitrogens is 1. The molecular weight excluding hydrogens is 376 g/mol. The molecule has 0 aliphatic carbocycles. The zero-order valence-electron chi connectivity index (χ0n) is 16.0. The maximum atomic E-state index is 12.9. The number of carbonyl (C=O) groups excluding carboxylic acids is 1. The van der Waals surface area contributed by atoms with E-state index in [9.17, 15) is 14.7 Å². The highest BCUT2D eigenvalue weighted by Crippen LogP contribution is 2.20. The van der Waals surface area contributed by atoms with E-state index in [0.717, 1.165) is 22.0 Å². The van der Waals surface area contributed by atoms with E-state index in [4.69, 9.17) is 11.6 Å². The van der Waals surface area contributed by atoms with Gasteiger partial charge in [0.2, 0.25) is 0 Å². The monoisotopic (exact) mass is 398 g/mol. The van der Waals surface area contributed by atoms with Crippen LogP contribution < -0.4 is 5.56 Å². The molecule has 0 atom stereocenters. The quantitative estimate of drug-likeness (QED) is 0.662. The van der Waals surface area contributed by atoms with Gasteiger partial charge in [-0.15, -0.1) is 0 Å². The SMILES string of the molecule is Cc1ccc2cc(CN(CCCO)C(=O)c3ccc(Cl)cc3)c(=O)[nH]c2c1C. The lowest BCUT2D eigenvalue weighted by molar-refractivity contribution is 0.0731. The lowest BCUT2D eigenvalue weighted by atomic mass is 10.0. The molecule has 0 radical (unpaired) electrons. The number of aliphatic hydroxyl groups is 1. The lowest BCUT2D eigenvalue weighted by Gasteiger charge is -2.22. The van der Waals surface area contributed by atoms with Crippen LogP contribution in [0.2, 0.25) is 5.02 Å². The van der Waals surface area contributed by atoms with Crippen molar-refractivity contribution < 1.29 is 9.90 Å². The number of aliphatic hydroxyl groups excluding tert-OH is 1. The molecule has 0 fully saturated rings. The zero-order valence-corrected chi connectivity index (χ0v) is 16.7. The molecule has 5 nitrogen and oxygen atoms in total. The molecule has 1 aromatic heterocycles. The second kappa shape index (κ2) is 8.59. The molecule has 1 heterocycles. The van der Waals surface area contributed by atoms with Crippen molar-refractivity contribution in [2.75, 3.05) is 13.2 Å². The van der Waals surface area contributed by atoms with Crippen LogP contribution in [0.5, 0.6) is 0 Å². The molecule has 2 aromatic carbocycles. The first-order chi connectivity index (χ1) is 13.4. The fourth-order valence-corrected chi connectivity index (χ4v) is 3.31. The predicted octanol–water partition coefficient (Wildman–Crippen LogP) is 3.82. The highest BCUT2D eigenvalue weighted by molar-refractivity contribution is 6.30. The van der Waals surface area contributed by atoms with Gasteiger partial charge in [0.1, 0.15) is 0 Å². The highest BCUT2D eigenvalue weighted by atomic mass is 35.5. The second-order valence-corrected chi connectivity index (χ2v) is 7.34. The van der Waals surface area contributed by atoms with Crippen LogP contribution in [0, 0.1) is 13.8 Å². The van der Waals surface area contributed by atoms with E-state index in [1.165, 1.54) is 0 Å². The molecule has 0 aliphatic rings. The Balaban J connectivity index is 1.95. The zero-order chi connectivity index (χ0) is 20.3. The minimum absolute atomic E-state index is 0.0308. The van der Waals surface area contributed by atoms with Gasteiger partial charge < -0.3 is 15.0 Å². The Morgan fingerprint density at radius 1 is 1.14 bits per heavy atom. The van der Waals surface area contributed by atoms with Crippen LogP contribution >= 0.6 is 11.6 Å². The topological polar surface area (TPSA) is 73.4 Å². The van der Waals surface area contributed by atoms with Crippen LogP contribution in [-0.4, -0.2) is 34.0 Å². The first kappa shape index (κ1) is 20.1. The number of nitrogens with zero attached hydrogens (tertiary/aromatic N) is 1. The van der Waals surface area contributed by atoms with Crippen molar-refractivity contribution in [1.82, 2.24) is 9.88 Å². The van der Waals surface area contributed by atoms with Crippen LogP contribution in [0.3, 0.4) is 0 Å². The summed E-state index contributed by atoms with van der Waals surface area (Å²) in [6.45, 7) is 4.46. The average Bonchev–Trinajstić information content (AvgIpc) is 2.69. The number of aromatic nitrogens is 1. The third-order valence-corrected chi connectivity index (χ3v) is 5.21. The molecule has 1 amide bonds. The highest BCUT2D eigenvalue weighted by Gasteiger charge is 2.18. The second-order valence-electron chi connectivity index (χ2n) is 6.91. The molecule has 6 heteroatoms. The van der Waals surface area contributed by atoms with E-state index in [0.29, 0.717) is 29.1 Å². The number of fused-ring (bicyclic) bond motifs is 1. The molecule has 146 valence electrons. The molecule has 3 rings (SSSR count). The number of pyridine rings is 1. The van der Waals surface area contributed by atoms with Crippen molar-refractivity contribution in [3.8, 4) is 0 Å². The third kappa shape index (κ3) is 4.26. The van der Waals surface area contributed by atoms with Crippen LogP contribution in [-0.2, 0) is 6.54 Å². The van der Waals surface area contributed by atoms with Gasteiger partial charge in [-0.3, -0.25) is 9.59 Å². The Hall–Kier alpha value is -2.63. The molecule has 0 saturated carbocycles. The summed E-state index contributed by atoms with van der Waals surface area (Å²) < 4.78 is 0. The van der Waals surface area contributed by atoms with Gasteiger partial charge in [-0.25, -0.2) is 0 Å². The Morgan fingerprint density at radius 2 is 1.86 bits per heavy atom. The number of amides is 1. The van der Waals surface area contributed by atoms with Crippen LogP contribution in [0.4, 0.5) is 0 Å². The van der Waals surface area contributed by atoms with Crippen molar-refractivity contribution >= 4 is 28.4 Å². The number of halogens is 1. The Morgan fingerprint density at radius 3 is 2.54 bits per heavy atom. The Labute approximate surface area is 168 Å². The largest absolute Gasteiger partial charge is 0.396 e. The number of aryl methyl sites for hydroxylation is 2. The molecule has 0 spiro atoms. The van der Waals surface area contributed by atoms with Crippen LogP contribution in [0.25, 0.3) is 10.9 Å². The van der Waals surface area contributed by atoms with Crippen molar-refractivity contribution in [3.63, 3.8) is 0 Å². The van der Waals surface area contributed by atoms with Crippen LogP contribution in [0.15, 0.2) is 47.3 Å². The number of aromatic amines is 1. The maximum absolute atomic E-state index is 12.9. The van der Waals surface area contributed by atoms with E-state index in [1.807, 2.05) is 32.0 Å². The summed E-state index contributed by atoms with van der Waals surface area (Å²) in [7, 11) is 0. The van der Waals surface area contributed by atoms with Gasteiger partial charge in [0.15, 0.2) is 0 Å². The van der Waals surface area contributed by atoms with Gasteiger partial charge in [-0.1, -0.05) is 23.7 Å². The maximum Gasteiger partial charge on any atom is 0.254 e. The van der Waals surface area contributed by atoms with E-state index in [1.54, 1.807) is 29.2 Å². The number of hydrogen-bond acceptors (Lipinski definition) is 3. The smallest absolute Gasteiger partial charge is 0.254 e. The van der Waals surface area contributed by atoms with Gasteiger partial charge in [0.05, 0.1) is 12.1 Å². The fraction of sp³-hybridized carbons (Fsp3) is 0.273. The minimum atomic E-state index is -0.209. The standard InChI is InChI=1S/C22H23ClN2O3/c1-14-4-5-17-12-18(21(27)24-20(17)15(14)2)13-25(10-3-11-26)22(28)16-6-8-19(23)9-7-16/h4-9,12,26H,3,10-11,13H2,1-2H3,(H,24,27). The molecule has 0 bridgehead atoms. The van der Waals surface area contributed by atoms with E-state index < -0.39 is 0 Å². The molecule has 0 unspecified atom stereocenters. The van der Waals surface area contributed by atoms with Gasteiger partial charge in [0.25, 0.3) is 11.5 Å². The summed E-state index contributed by atoms with van der Waals surface area (Å²) in [4.78, 5) is 30.1. The summed E-state index contributed by atoms with van der Waals surface area (Å²) >= 11 is 5.91. The minimum Gasteiger partial charge on any atom is -0.396 e. The predicted molar refractivity (Wildman–Crippen MR) is 112 cm³/mol. The molecule has 0 aliphatic heterocycles. The summed E-state index contributed by atoms with van der Waals surface area (Å²) in [5, 5.41) is 10.7. The van der Waals surface area contributed by atoms with E-state index >= 15 is 0 Å². The number of rotatable bonds is 6. The summed E-state index contributed by atoms with van der Waals surface area (Å²) in [5.41, 5.74) is 3.76. The first-order valence-electron chi connectivity index (χ1n) is 9.18. The van der Waals surface area contributed by atoms with Crippen molar-refractivity contribution in [2.45, 2.75) is 26.8 Å². The first-order valence-corrected chi connectivity index (χ1v) is 9.56. The molecular formula is C22H23ClN2O3. The van der Waals surface area contributed by atoms with E-state index in [-0.39, 0.29) is 24.6 Å². The number of hydrogen-bond donors (Lipinski definition) is 2. The molecule has 3 aromatic rings. The van der Waals surface area contributed by atoms with Crippen molar-refractivity contribution in [1.29, 1.82) is 0 Å². The van der Waals surface area contributed by atoms with E-state index in [2.05, 4.69) is 4.98 Å². The van der Waals surface area contributed by atoms with Gasteiger partial charge in [-0.2, -0.15) is 0 Å². The summed E-state index contributed by atoms with van der Waals surface area (Å²) in [5.74, 6) is -0.204. The Bertz CT molecular complexity index is 1060. The van der Waals surface area contributed by atoms with Gasteiger partial charge in [0, 0.05) is 29.3 Å². The summed E-state index contributed by atoms with van der Waals surface area (Å²) in [6, 6.07) is 12.5. The van der Waals surface area contributed by atoms with Gasteiger partial charge in [-0.05, 0) is 67.1 Å². The van der Waals surface area contributed by atoms with Crippen molar-refractivity contribution in [3.05, 3.63) is 80.1 Å². The fourth-order valence-electron chi connectivity index (χ4n) is 3.18. The molecule has 0 saturated heterocycles. The number of carbonyl (C=O) groups is 1. The third-order valence-electron chi connectivity index (χ3n) is 4.95. The average molecular weight is 399 g/mol. The number of nitrogens with one attached hydrogen (secondary N) is 1. The normalized spacial score (nSPS) is 11.0. The molecule has 2 N–H and O–H groups in total. The van der Waals surface area contributed by atoms with Gasteiger partial charge >= 0.3 is 0 Å².